The zero-order chi connectivity index (χ0) is 66.3. The number of rotatable bonds is 26. The highest BCUT2D eigenvalue weighted by atomic mass is 32.1. The molecule has 26 nitrogen and oxygen atoms in total. The number of amides is 5. The third-order valence-electron chi connectivity index (χ3n) is 19.0. The van der Waals surface area contributed by atoms with Crippen molar-refractivity contribution in [1.82, 2.24) is 35.3 Å². The van der Waals surface area contributed by atoms with Crippen molar-refractivity contribution in [3.05, 3.63) is 125 Å². The molecule has 8 atom stereocenters. The number of alkyl carbamates (subject to hydrolysis) is 1. The van der Waals surface area contributed by atoms with Crippen molar-refractivity contribution in [2.45, 2.75) is 122 Å². The Hall–Kier alpha value is -8.93. The Morgan fingerprint density at radius 2 is 1.66 bits per heavy atom. The number of aromatic carboxylic acids is 1. The first-order valence-corrected chi connectivity index (χ1v) is 31.9. The van der Waals surface area contributed by atoms with Gasteiger partial charge in [-0.05, 0) is 121 Å². The molecule has 4 unspecified atom stereocenters. The number of thiazole rings is 1. The molecule has 94 heavy (non-hydrogen) atoms. The smallest absolute Gasteiger partial charge is 0.407 e. The zero-order valence-corrected chi connectivity index (χ0v) is 52.7. The molecule has 3 aromatic heterocycles. The minimum Gasteiger partial charge on any atom is -0.491 e. The summed E-state index contributed by atoms with van der Waals surface area (Å²) in [6.07, 6.45) is 1.42. The van der Waals surface area contributed by atoms with Gasteiger partial charge in [0.15, 0.2) is 16.9 Å². The number of hydrogen-bond donors (Lipinski definition) is 7. The van der Waals surface area contributed by atoms with Crippen LogP contribution in [0.5, 0.6) is 11.5 Å². The number of aliphatic hydroxyl groups excluding tert-OH is 2. The number of carboxylic acids is 2. The van der Waals surface area contributed by atoms with E-state index in [1.54, 1.807) is 24.4 Å². The van der Waals surface area contributed by atoms with Gasteiger partial charge >= 0.3 is 18.0 Å². The number of pyridine rings is 1. The molecule has 0 spiro atoms. The quantitative estimate of drug-likeness (QED) is 0.0231. The van der Waals surface area contributed by atoms with Gasteiger partial charge in [0.1, 0.15) is 42.5 Å². The maximum atomic E-state index is 15.3. The standard InChI is InChI=1S/C66H72FN9O17S/c1-37-43(41-11-13-50(72-55(41)59(83)84)74-20-16-40-44(29-74)42(10-12-45(40)67)58(82)73-61-71-46-6-4-5-7-49(46)94-61)28-70-76(37)36-65-32-63(2)31-64(65,3)34-66(33-63,35-65)91-23-19-69-62(87)90-30-38-8-9-39(92-54-27-47(77)56(81)57(93-54)60(85)86)26-48(38)89-25-24-88-22-18-68-51(78)17-21-75-52(79)14-15-53(75)80/h4-15,26,28,47,54,56-57,77,81H,16-25,27,29-36H2,1-3H3,(H,68,78)(H,69,87)(H,83,84)(H,85,86)(H,71,73,82)/t47-,54-,56+,57+,63?,64?,65?,66?/m1/s1. The van der Waals surface area contributed by atoms with Crippen LogP contribution in [0.2, 0.25) is 0 Å². The second-order valence-corrected chi connectivity index (χ2v) is 26.7. The van der Waals surface area contributed by atoms with Crippen LogP contribution in [0.3, 0.4) is 0 Å². The summed E-state index contributed by atoms with van der Waals surface area (Å²) in [6.45, 7) is 7.88. The highest BCUT2D eigenvalue weighted by Gasteiger charge is 2.73. The van der Waals surface area contributed by atoms with Crippen LogP contribution in [-0.4, -0.2) is 170 Å². The average Bonchev–Trinajstić information content (AvgIpc) is 1.50. The van der Waals surface area contributed by atoms with Crippen LogP contribution in [0.25, 0.3) is 21.3 Å². The minimum absolute atomic E-state index is 0.0151. The molecule has 3 aromatic carbocycles. The molecule has 4 saturated carbocycles. The first kappa shape index (κ1) is 65.1. The molecule has 496 valence electrons. The summed E-state index contributed by atoms with van der Waals surface area (Å²) >= 11 is 1.34. The summed E-state index contributed by atoms with van der Waals surface area (Å²) in [4.78, 5) is 99.8. The van der Waals surface area contributed by atoms with Gasteiger partial charge in [-0.15, -0.1) is 0 Å². The second-order valence-electron chi connectivity index (χ2n) is 25.6. The maximum absolute atomic E-state index is 15.3. The van der Waals surface area contributed by atoms with Gasteiger partial charge in [0, 0.05) is 98.3 Å². The number of benzene rings is 3. The van der Waals surface area contributed by atoms with Crippen LogP contribution in [0.15, 0.2) is 85.1 Å². The molecule has 1 saturated heterocycles. The highest BCUT2D eigenvalue weighted by molar-refractivity contribution is 7.22. The predicted molar refractivity (Wildman–Crippen MR) is 334 cm³/mol. The van der Waals surface area contributed by atoms with Crippen LogP contribution in [0.4, 0.5) is 20.1 Å². The van der Waals surface area contributed by atoms with E-state index in [9.17, 15) is 54.0 Å². The summed E-state index contributed by atoms with van der Waals surface area (Å²) in [7, 11) is 0. The van der Waals surface area contributed by atoms with Gasteiger partial charge in [-0.25, -0.2) is 28.7 Å². The van der Waals surface area contributed by atoms with Crippen molar-refractivity contribution in [1.29, 1.82) is 0 Å². The lowest BCUT2D eigenvalue weighted by atomic mass is 9.65. The molecule has 4 bridgehead atoms. The van der Waals surface area contributed by atoms with E-state index in [1.807, 2.05) is 40.8 Å². The normalized spacial score (nSPS) is 25.0. The van der Waals surface area contributed by atoms with E-state index >= 15 is 4.39 Å². The molecule has 6 aromatic rings. The topological polar surface area (TPSA) is 342 Å². The number of nitrogens with zero attached hydrogens (tertiary/aromatic N) is 6. The second kappa shape index (κ2) is 26.5. The van der Waals surface area contributed by atoms with Gasteiger partial charge in [0.2, 0.25) is 12.2 Å². The van der Waals surface area contributed by atoms with E-state index < -0.39 is 71.8 Å². The maximum Gasteiger partial charge on any atom is 0.407 e. The fourth-order valence-corrected chi connectivity index (χ4v) is 16.1. The Morgan fingerprint density at radius 1 is 0.862 bits per heavy atom. The highest BCUT2D eigenvalue weighted by Crippen LogP contribution is 2.78. The molecule has 7 N–H and O–H groups in total. The Balaban J connectivity index is 0.650. The van der Waals surface area contributed by atoms with Gasteiger partial charge in [-0.3, -0.25) is 34.1 Å². The van der Waals surface area contributed by atoms with Gasteiger partial charge in [-0.1, -0.05) is 37.3 Å². The molecule has 0 radical (unpaired) electrons. The Labute approximate surface area is 542 Å². The van der Waals surface area contributed by atoms with Crippen LogP contribution >= 0.6 is 11.3 Å². The number of fused-ring (bicyclic) bond motifs is 2. The number of para-hydroxylation sites is 1. The number of carboxylic acid groups (broad SMARTS) is 2. The minimum atomic E-state index is -1.74. The molecular weight excluding hydrogens is 1240 g/mol. The summed E-state index contributed by atoms with van der Waals surface area (Å²) in [5.41, 5.74) is 3.15. The number of carbonyl (C=O) groups excluding carboxylic acids is 5. The Morgan fingerprint density at radius 3 is 2.45 bits per heavy atom. The summed E-state index contributed by atoms with van der Waals surface area (Å²) in [6, 6.07) is 18.3. The number of halogens is 1. The van der Waals surface area contributed by atoms with Gasteiger partial charge in [0.05, 0.1) is 47.9 Å². The largest absolute Gasteiger partial charge is 0.491 e. The summed E-state index contributed by atoms with van der Waals surface area (Å²) in [5.74, 6) is -4.18. The molecule has 3 aliphatic heterocycles. The lowest BCUT2D eigenvalue weighted by Gasteiger charge is -2.46. The lowest BCUT2D eigenvalue weighted by molar-refractivity contribution is -0.228. The van der Waals surface area contributed by atoms with Crippen LogP contribution in [0, 0.1) is 29.0 Å². The van der Waals surface area contributed by atoms with E-state index in [2.05, 4.69) is 34.8 Å². The SMILES string of the molecule is Cc1c(-c2ccc(N3CCc4c(F)ccc(C(=O)Nc5nc6ccccc6s5)c4C3)nc2C(=O)O)cnn1CC12CC3(C)CC(OCCNC(=O)OCc4ccc(O[C@H]5C[C@@H](O)[C@H](O)[C@@H](C(=O)O)O5)cc4OCCOCCNC(=O)CCN4C(=O)C=CC4=O)(CC1(C)C3)C2. The Bertz CT molecular complexity index is 3960. The van der Waals surface area contributed by atoms with Gasteiger partial charge in [0.25, 0.3) is 17.7 Å². The van der Waals surface area contributed by atoms with Crippen LogP contribution < -0.4 is 30.3 Å². The molecule has 5 fully saturated rings. The van der Waals surface area contributed by atoms with E-state index in [-0.39, 0.29) is 118 Å². The first-order valence-electron chi connectivity index (χ1n) is 31.1. The van der Waals surface area contributed by atoms with Crippen molar-refractivity contribution >= 4 is 74.2 Å². The fraction of sp³-hybridized carbons (Fsp3) is 0.455. The monoisotopic (exact) mass is 1310 g/mol. The Kier molecular flexibility index (Phi) is 18.3. The number of carbonyl (C=O) groups is 7. The molecule has 13 rings (SSSR count). The van der Waals surface area contributed by atoms with Crippen LogP contribution in [0.1, 0.15) is 102 Å². The number of anilines is 2. The third kappa shape index (κ3) is 13.4. The zero-order valence-electron chi connectivity index (χ0n) is 51.9. The first-order chi connectivity index (χ1) is 45.0. The number of aromatic nitrogens is 4. The number of aliphatic hydroxyl groups is 2. The van der Waals surface area contributed by atoms with E-state index in [1.165, 1.54) is 35.6 Å². The van der Waals surface area contributed by atoms with Crippen LogP contribution in [-0.2, 0) is 64.2 Å². The number of hydrogen-bond acceptors (Lipinski definition) is 20. The van der Waals surface area contributed by atoms with E-state index in [4.69, 9.17) is 38.5 Å². The van der Waals surface area contributed by atoms with Gasteiger partial charge < -0.3 is 64.4 Å². The van der Waals surface area contributed by atoms with E-state index in [0.717, 1.165) is 65.1 Å². The summed E-state index contributed by atoms with van der Waals surface area (Å²) < 4.78 is 53.7. The number of nitrogens with one attached hydrogen (secondary N) is 3. The average molecular weight is 1310 g/mol. The van der Waals surface area contributed by atoms with Crippen molar-refractivity contribution in [2.24, 2.45) is 16.2 Å². The predicted octanol–water partition coefficient (Wildman–Crippen LogP) is 6.31. The number of aliphatic carboxylic acids is 1. The molecule has 6 heterocycles. The number of imide groups is 1. The molecule has 28 heteroatoms. The molecule has 4 aliphatic carbocycles. The van der Waals surface area contributed by atoms with Crippen molar-refractivity contribution < 1.29 is 86.8 Å². The molecular formula is C66H72FN9O17S. The third-order valence-corrected chi connectivity index (χ3v) is 19.9. The van der Waals surface area contributed by atoms with Crippen molar-refractivity contribution in [3.8, 4) is 22.6 Å². The molecule has 7 aliphatic rings. The van der Waals surface area contributed by atoms with Crippen molar-refractivity contribution in [2.75, 3.05) is 62.8 Å². The summed E-state index contributed by atoms with van der Waals surface area (Å²) in [5, 5.41) is 54.4. The van der Waals surface area contributed by atoms with Gasteiger partial charge in [-0.2, -0.15) is 5.10 Å². The molecule has 5 amide bonds. The fourth-order valence-electron chi connectivity index (χ4n) is 15.2. The number of ether oxygens (including phenoxy) is 6. The van der Waals surface area contributed by atoms with Crippen molar-refractivity contribution in [3.63, 3.8) is 0 Å². The van der Waals surface area contributed by atoms with E-state index in [0.29, 0.717) is 57.4 Å². The lowest BCUT2D eigenvalue weighted by Crippen LogP contribution is -2.53.